The highest BCUT2D eigenvalue weighted by Gasteiger charge is 2.13. The molecule has 2 aromatic rings. The first-order valence-electron chi connectivity index (χ1n) is 5.72. The molecule has 0 fully saturated rings. The molecule has 0 unspecified atom stereocenters. The summed E-state index contributed by atoms with van der Waals surface area (Å²) in [5.74, 6) is 1.54. The van der Waals surface area contributed by atoms with Gasteiger partial charge in [-0.15, -0.1) is 0 Å². The summed E-state index contributed by atoms with van der Waals surface area (Å²) in [6.07, 6.45) is 0. The SMILES string of the molecule is COc1ccc(-c2nc(N)[nH]c2Cl)cc1C(C)C. The van der Waals surface area contributed by atoms with Gasteiger partial charge in [0.05, 0.1) is 7.11 Å². The lowest BCUT2D eigenvalue weighted by molar-refractivity contribution is 0.407. The lowest BCUT2D eigenvalue weighted by atomic mass is 9.98. The Hall–Kier alpha value is -1.68. The normalized spacial score (nSPS) is 10.9. The number of aromatic amines is 1. The van der Waals surface area contributed by atoms with E-state index in [9.17, 15) is 0 Å². The molecular formula is C13H16ClN3O. The standard InChI is InChI=1S/C13H16ClN3O/c1-7(2)9-6-8(4-5-10(9)18-3)11-12(14)17-13(15)16-11/h4-7H,1-3H3,(H3,15,16,17). The zero-order valence-electron chi connectivity index (χ0n) is 10.6. The van der Waals surface area contributed by atoms with E-state index in [1.807, 2.05) is 18.2 Å². The van der Waals surface area contributed by atoms with Gasteiger partial charge in [-0.1, -0.05) is 25.4 Å². The fourth-order valence-electron chi connectivity index (χ4n) is 1.89. The number of ether oxygens (including phenoxy) is 1. The molecule has 0 bridgehead atoms. The minimum Gasteiger partial charge on any atom is -0.496 e. The van der Waals surface area contributed by atoms with E-state index in [1.165, 1.54) is 0 Å². The predicted octanol–water partition coefficient (Wildman–Crippen LogP) is 3.44. The van der Waals surface area contributed by atoms with Gasteiger partial charge in [-0.2, -0.15) is 0 Å². The fourth-order valence-corrected chi connectivity index (χ4v) is 2.14. The Morgan fingerprint density at radius 2 is 2.11 bits per heavy atom. The molecule has 0 aliphatic rings. The Morgan fingerprint density at radius 1 is 1.39 bits per heavy atom. The number of benzene rings is 1. The number of nitrogen functional groups attached to an aromatic ring is 1. The van der Waals surface area contributed by atoms with Crippen molar-refractivity contribution in [3.8, 4) is 17.0 Å². The van der Waals surface area contributed by atoms with Crippen molar-refractivity contribution in [1.29, 1.82) is 0 Å². The van der Waals surface area contributed by atoms with E-state index >= 15 is 0 Å². The minimum atomic E-state index is 0.317. The Bertz CT molecular complexity index is 563. The summed E-state index contributed by atoms with van der Waals surface area (Å²) in [6, 6.07) is 5.88. The van der Waals surface area contributed by atoms with Crippen LogP contribution in [0.2, 0.25) is 5.15 Å². The van der Waals surface area contributed by atoms with Crippen molar-refractivity contribution in [2.45, 2.75) is 19.8 Å². The van der Waals surface area contributed by atoms with Crippen LogP contribution < -0.4 is 10.5 Å². The van der Waals surface area contributed by atoms with Crippen molar-refractivity contribution in [2.24, 2.45) is 0 Å². The number of rotatable bonds is 3. The molecule has 0 spiro atoms. The minimum absolute atomic E-state index is 0.317. The zero-order chi connectivity index (χ0) is 13.3. The molecule has 0 radical (unpaired) electrons. The van der Waals surface area contributed by atoms with Crippen LogP contribution in [0.25, 0.3) is 11.3 Å². The van der Waals surface area contributed by atoms with E-state index in [1.54, 1.807) is 7.11 Å². The van der Waals surface area contributed by atoms with Crippen molar-refractivity contribution in [3.05, 3.63) is 28.9 Å². The van der Waals surface area contributed by atoms with Crippen molar-refractivity contribution in [3.63, 3.8) is 0 Å². The van der Waals surface area contributed by atoms with Crippen molar-refractivity contribution >= 4 is 17.5 Å². The molecule has 0 aliphatic heterocycles. The summed E-state index contributed by atoms with van der Waals surface area (Å²) in [7, 11) is 1.67. The number of anilines is 1. The molecule has 2 rings (SSSR count). The first-order valence-corrected chi connectivity index (χ1v) is 6.10. The van der Waals surface area contributed by atoms with Gasteiger partial charge >= 0.3 is 0 Å². The van der Waals surface area contributed by atoms with Crippen molar-refractivity contribution in [2.75, 3.05) is 12.8 Å². The van der Waals surface area contributed by atoms with E-state index in [2.05, 4.69) is 23.8 Å². The van der Waals surface area contributed by atoms with Gasteiger partial charge in [0.15, 0.2) is 5.95 Å². The van der Waals surface area contributed by atoms with Crippen LogP contribution in [0.15, 0.2) is 18.2 Å². The molecule has 5 heteroatoms. The maximum Gasteiger partial charge on any atom is 0.199 e. The van der Waals surface area contributed by atoms with E-state index in [0.717, 1.165) is 16.9 Å². The Labute approximate surface area is 111 Å². The molecule has 0 atom stereocenters. The van der Waals surface area contributed by atoms with E-state index in [0.29, 0.717) is 22.7 Å². The molecule has 96 valence electrons. The molecule has 4 nitrogen and oxygen atoms in total. The van der Waals surface area contributed by atoms with Gasteiger partial charge in [0.2, 0.25) is 0 Å². The molecule has 0 saturated heterocycles. The van der Waals surface area contributed by atoms with Gasteiger partial charge in [0.1, 0.15) is 16.6 Å². The molecule has 1 heterocycles. The number of hydrogen-bond donors (Lipinski definition) is 2. The Balaban J connectivity index is 2.53. The number of aromatic nitrogens is 2. The summed E-state index contributed by atoms with van der Waals surface area (Å²) >= 11 is 6.06. The highest BCUT2D eigenvalue weighted by molar-refractivity contribution is 6.32. The van der Waals surface area contributed by atoms with Crippen LogP contribution in [0, 0.1) is 0 Å². The number of methoxy groups -OCH3 is 1. The summed E-state index contributed by atoms with van der Waals surface area (Å²) in [5, 5.41) is 0.451. The van der Waals surface area contributed by atoms with E-state index in [4.69, 9.17) is 22.1 Å². The Kier molecular flexibility index (Phi) is 3.48. The summed E-state index contributed by atoms with van der Waals surface area (Å²) in [6.45, 7) is 4.23. The topological polar surface area (TPSA) is 63.9 Å². The summed E-state index contributed by atoms with van der Waals surface area (Å²) in [4.78, 5) is 6.97. The predicted molar refractivity (Wildman–Crippen MR) is 74.1 cm³/mol. The third-order valence-electron chi connectivity index (χ3n) is 2.80. The lowest BCUT2D eigenvalue weighted by Gasteiger charge is -2.12. The van der Waals surface area contributed by atoms with Gasteiger partial charge in [-0.3, -0.25) is 0 Å². The molecular weight excluding hydrogens is 250 g/mol. The first-order chi connectivity index (χ1) is 8.52. The second-order valence-electron chi connectivity index (χ2n) is 4.40. The van der Waals surface area contributed by atoms with Crippen LogP contribution in [0.3, 0.4) is 0 Å². The van der Waals surface area contributed by atoms with Gasteiger partial charge < -0.3 is 15.5 Å². The largest absolute Gasteiger partial charge is 0.496 e. The highest BCUT2D eigenvalue weighted by Crippen LogP contribution is 2.33. The summed E-state index contributed by atoms with van der Waals surface area (Å²) in [5.41, 5.74) is 8.31. The summed E-state index contributed by atoms with van der Waals surface area (Å²) < 4.78 is 5.35. The second-order valence-corrected chi connectivity index (χ2v) is 4.77. The van der Waals surface area contributed by atoms with Crippen molar-refractivity contribution in [1.82, 2.24) is 9.97 Å². The molecule has 0 amide bonds. The van der Waals surface area contributed by atoms with Crippen LogP contribution in [0.5, 0.6) is 5.75 Å². The average Bonchev–Trinajstić information content (AvgIpc) is 2.67. The van der Waals surface area contributed by atoms with Crippen LogP contribution in [-0.4, -0.2) is 17.1 Å². The zero-order valence-corrected chi connectivity index (χ0v) is 11.4. The van der Waals surface area contributed by atoms with Gasteiger partial charge in [0.25, 0.3) is 0 Å². The smallest absolute Gasteiger partial charge is 0.199 e. The third kappa shape index (κ3) is 2.29. The second kappa shape index (κ2) is 4.90. The highest BCUT2D eigenvalue weighted by atomic mass is 35.5. The molecule has 1 aromatic heterocycles. The number of hydrogen-bond acceptors (Lipinski definition) is 3. The molecule has 0 saturated carbocycles. The maximum absolute atomic E-state index is 6.06. The number of nitrogens with one attached hydrogen (secondary N) is 1. The third-order valence-corrected chi connectivity index (χ3v) is 3.08. The van der Waals surface area contributed by atoms with E-state index < -0.39 is 0 Å². The first kappa shape index (κ1) is 12.8. The number of nitrogens with two attached hydrogens (primary N) is 1. The van der Waals surface area contributed by atoms with Gasteiger partial charge in [-0.05, 0) is 29.7 Å². The average molecular weight is 266 g/mol. The molecule has 1 aromatic carbocycles. The van der Waals surface area contributed by atoms with Crippen LogP contribution in [0.1, 0.15) is 25.3 Å². The quantitative estimate of drug-likeness (QED) is 0.893. The number of H-pyrrole nitrogens is 1. The number of imidazole rings is 1. The van der Waals surface area contributed by atoms with Crippen LogP contribution in [-0.2, 0) is 0 Å². The van der Waals surface area contributed by atoms with Crippen LogP contribution in [0.4, 0.5) is 5.95 Å². The fraction of sp³-hybridized carbons (Fsp3) is 0.308. The van der Waals surface area contributed by atoms with Crippen molar-refractivity contribution < 1.29 is 4.74 Å². The number of halogens is 1. The van der Waals surface area contributed by atoms with Crippen LogP contribution >= 0.6 is 11.6 Å². The molecule has 18 heavy (non-hydrogen) atoms. The Morgan fingerprint density at radius 3 is 2.61 bits per heavy atom. The maximum atomic E-state index is 6.06. The molecule has 3 N–H and O–H groups in total. The molecule has 0 aliphatic carbocycles. The van der Waals surface area contributed by atoms with E-state index in [-0.39, 0.29) is 0 Å². The number of nitrogens with zero attached hydrogens (tertiary/aromatic N) is 1. The van der Waals surface area contributed by atoms with Gasteiger partial charge in [0, 0.05) is 5.56 Å². The van der Waals surface area contributed by atoms with Gasteiger partial charge in [-0.25, -0.2) is 4.98 Å². The lowest BCUT2D eigenvalue weighted by Crippen LogP contribution is -1.95. The monoisotopic (exact) mass is 265 g/mol.